The monoisotopic (exact) mass is 420 g/mol. The van der Waals surface area contributed by atoms with E-state index >= 15 is 0 Å². The van der Waals surface area contributed by atoms with E-state index in [1.165, 1.54) is 5.56 Å². The van der Waals surface area contributed by atoms with Gasteiger partial charge in [-0.05, 0) is 44.4 Å². The van der Waals surface area contributed by atoms with Gasteiger partial charge in [0, 0.05) is 36.7 Å². The normalized spacial score (nSPS) is 18.5. The molecule has 2 aromatic rings. The zero-order valence-electron chi connectivity index (χ0n) is 16.4. The SMILES string of the molecule is CC(C)N1CCN(c2nc(C(C)(c3ccc(Br)cc3)C(C)C)no2)CC1. The van der Waals surface area contributed by atoms with Gasteiger partial charge in [-0.1, -0.05) is 47.1 Å². The van der Waals surface area contributed by atoms with E-state index in [0.717, 1.165) is 36.5 Å². The number of nitrogens with zero attached hydrogens (tertiary/aromatic N) is 4. The molecular weight excluding hydrogens is 392 g/mol. The van der Waals surface area contributed by atoms with E-state index in [2.05, 4.69) is 89.8 Å². The topological polar surface area (TPSA) is 45.4 Å². The first kappa shape index (κ1) is 19.4. The highest BCUT2D eigenvalue weighted by Crippen LogP contribution is 2.38. The third-order valence-corrected chi connectivity index (χ3v) is 6.32. The number of aromatic nitrogens is 2. The molecule has 6 heteroatoms. The number of anilines is 1. The molecule has 0 saturated carbocycles. The molecule has 1 fully saturated rings. The van der Waals surface area contributed by atoms with Crippen LogP contribution in [0.2, 0.25) is 0 Å². The van der Waals surface area contributed by atoms with Gasteiger partial charge in [0.25, 0.3) is 0 Å². The van der Waals surface area contributed by atoms with Crippen molar-refractivity contribution >= 4 is 21.9 Å². The van der Waals surface area contributed by atoms with Crippen LogP contribution in [-0.4, -0.2) is 47.3 Å². The Balaban J connectivity index is 1.84. The van der Waals surface area contributed by atoms with Gasteiger partial charge in [0.05, 0.1) is 5.41 Å². The summed E-state index contributed by atoms with van der Waals surface area (Å²) in [6.07, 6.45) is 0. The highest BCUT2D eigenvalue weighted by Gasteiger charge is 2.38. The Morgan fingerprint density at radius 3 is 2.19 bits per heavy atom. The maximum Gasteiger partial charge on any atom is 0.324 e. The van der Waals surface area contributed by atoms with Gasteiger partial charge < -0.3 is 9.42 Å². The Kier molecular flexibility index (Phi) is 5.72. The second-order valence-electron chi connectivity index (χ2n) is 7.88. The van der Waals surface area contributed by atoms with Crippen LogP contribution in [0, 0.1) is 5.92 Å². The van der Waals surface area contributed by atoms with Crippen molar-refractivity contribution in [3.8, 4) is 0 Å². The molecule has 2 heterocycles. The van der Waals surface area contributed by atoms with Crippen LogP contribution in [0.25, 0.3) is 0 Å². The van der Waals surface area contributed by atoms with Gasteiger partial charge in [-0.3, -0.25) is 4.90 Å². The first-order chi connectivity index (χ1) is 12.3. The molecular formula is C20H29BrN4O. The van der Waals surface area contributed by atoms with Crippen LogP contribution in [-0.2, 0) is 5.41 Å². The predicted molar refractivity (Wildman–Crippen MR) is 109 cm³/mol. The lowest BCUT2D eigenvalue weighted by Crippen LogP contribution is -2.49. The lowest BCUT2D eigenvalue weighted by molar-refractivity contribution is 0.204. The lowest BCUT2D eigenvalue weighted by atomic mass is 9.73. The van der Waals surface area contributed by atoms with Crippen molar-refractivity contribution in [3.63, 3.8) is 0 Å². The van der Waals surface area contributed by atoms with Gasteiger partial charge in [0.2, 0.25) is 0 Å². The van der Waals surface area contributed by atoms with Crippen LogP contribution < -0.4 is 4.90 Å². The molecule has 0 amide bonds. The minimum Gasteiger partial charge on any atom is -0.322 e. The van der Waals surface area contributed by atoms with Gasteiger partial charge in [-0.2, -0.15) is 4.98 Å². The summed E-state index contributed by atoms with van der Waals surface area (Å²) >= 11 is 3.52. The Labute approximate surface area is 164 Å². The van der Waals surface area contributed by atoms with E-state index in [0.29, 0.717) is 18.0 Å². The minimum atomic E-state index is -0.289. The number of hydrogen-bond acceptors (Lipinski definition) is 5. The fraction of sp³-hybridized carbons (Fsp3) is 0.600. The summed E-state index contributed by atoms with van der Waals surface area (Å²) in [5.74, 6) is 1.10. The van der Waals surface area contributed by atoms with Crippen molar-refractivity contribution < 1.29 is 4.52 Å². The van der Waals surface area contributed by atoms with Gasteiger partial charge in [-0.25, -0.2) is 0 Å². The van der Waals surface area contributed by atoms with E-state index < -0.39 is 0 Å². The first-order valence-electron chi connectivity index (χ1n) is 9.41. The van der Waals surface area contributed by atoms with Crippen molar-refractivity contribution in [2.45, 2.75) is 46.1 Å². The molecule has 1 aromatic heterocycles. The van der Waals surface area contributed by atoms with E-state index in [4.69, 9.17) is 9.51 Å². The van der Waals surface area contributed by atoms with Gasteiger partial charge in [-0.15, -0.1) is 0 Å². The third kappa shape index (κ3) is 3.67. The molecule has 5 nitrogen and oxygen atoms in total. The predicted octanol–water partition coefficient (Wildman–Crippen LogP) is 4.32. The van der Waals surface area contributed by atoms with Crippen LogP contribution >= 0.6 is 15.9 Å². The molecule has 0 N–H and O–H groups in total. The third-order valence-electron chi connectivity index (χ3n) is 5.79. The molecule has 0 spiro atoms. The fourth-order valence-corrected chi connectivity index (χ4v) is 3.77. The van der Waals surface area contributed by atoms with Crippen molar-refractivity contribution in [1.82, 2.24) is 15.0 Å². The summed E-state index contributed by atoms with van der Waals surface area (Å²) in [4.78, 5) is 9.50. The van der Waals surface area contributed by atoms with E-state index in [-0.39, 0.29) is 5.41 Å². The van der Waals surface area contributed by atoms with Crippen molar-refractivity contribution in [2.75, 3.05) is 31.1 Å². The summed E-state index contributed by atoms with van der Waals surface area (Å²) in [7, 11) is 0. The summed E-state index contributed by atoms with van der Waals surface area (Å²) < 4.78 is 6.75. The Hall–Kier alpha value is -1.40. The van der Waals surface area contributed by atoms with Gasteiger partial charge in [0.1, 0.15) is 0 Å². The molecule has 1 aromatic carbocycles. The molecule has 26 heavy (non-hydrogen) atoms. The summed E-state index contributed by atoms with van der Waals surface area (Å²) in [5.41, 5.74) is 0.912. The molecule has 142 valence electrons. The smallest absolute Gasteiger partial charge is 0.322 e. The molecule has 0 bridgehead atoms. The highest BCUT2D eigenvalue weighted by atomic mass is 79.9. The molecule has 1 aliphatic heterocycles. The highest BCUT2D eigenvalue weighted by molar-refractivity contribution is 9.10. The number of hydrogen-bond donors (Lipinski definition) is 0. The fourth-order valence-electron chi connectivity index (χ4n) is 3.50. The number of piperazine rings is 1. The molecule has 1 aliphatic rings. The average Bonchev–Trinajstić information content (AvgIpc) is 3.12. The zero-order valence-corrected chi connectivity index (χ0v) is 18.0. The van der Waals surface area contributed by atoms with E-state index in [1.807, 2.05) is 0 Å². The van der Waals surface area contributed by atoms with Crippen molar-refractivity contribution in [2.24, 2.45) is 5.92 Å². The van der Waals surface area contributed by atoms with Crippen LogP contribution in [0.1, 0.15) is 46.0 Å². The molecule has 3 rings (SSSR count). The van der Waals surface area contributed by atoms with Crippen LogP contribution in [0.4, 0.5) is 6.01 Å². The largest absolute Gasteiger partial charge is 0.324 e. The lowest BCUT2D eigenvalue weighted by Gasteiger charge is -2.36. The first-order valence-corrected chi connectivity index (χ1v) is 10.2. The quantitative estimate of drug-likeness (QED) is 0.720. The molecule has 0 aliphatic carbocycles. The Morgan fingerprint density at radius 2 is 1.65 bits per heavy atom. The summed E-state index contributed by atoms with van der Waals surface area (Å²) in [6.45, 7) is 15.0. The standard InChI is InChI=1S/C20H29BrN4O/c1-14(2)20(5,16-6-8-17(21)9-7-16)18-22-19(26-23-18)25-12-10-24(11-13-25)15(3)4/h6-9,14-15H,10-13H2,1-5H3. The number of benzene rings is 1. The van der Waals surface area contributed by atoms with E-state index in [1.54, 1.807) is 0 Å². The van der Waals surface area contributed by atoms with Crippen LogP contribution in [0.3, 0.4) is 0 Å². The van der Waals surface area contributed by atoms with Gasteiger partial charge in [0.15, 0.2) is 5.82 Å². The molecule has 1 saturated heterocycles. The summed E-state index contributed by atoms with van der Waals surface area (Å²) in [6, 6.07) is 9.65. The maximum atomic E-state index is 5.68. The Bertz CT molecular complexity index is 720. The Morgan fingerprint density at radius 1 is 1.04 bits per heavy atom. The number of rotatable bonds is 5. The summed E-state index contributed by atoms with van der Waals surface area (Å²) in [5, 5.41) is 4.38. The zero-order chi connectivity index (χ0) is 18.9. The van der Waals surface area contributed by atoms with Crippen LogP contribution in [0.5, 0.6) is 0 Å². The van der Waals surface area contributed by atoms with Crippen molar-refractivity contribution in [3.05, 3.63) is 40.1 Å². The number of halogens is 1. The molecule has 1 unspecified atom stereocenters. The minimum absolute atomic E-state index is 0.289. The average molecular weight is 421 g/mol. The molecule has 0 radical (unpaired) electrons. The second-order valence-corrected chi connectivity index (χ2v) is 8.80. The van der Waals surface area contributed by atoms with Crippen LogP contribution in [0.15, 0.2) is 33.3 Å². The molecule has 1 atom stereocenters. The van der Waals surface area contributed by atoms with Crippen molar-refractivity contribution in [1.29, 1.82) is 0 Å². The van der Waals surface area contributed by atoms with Gasteiger partial charge >= 0.3 is 6.01 Å². The second kappa shape index (κ2) is 7.69. The van der Waals surface area contributed by atoms with E-state index in [9.17, 15) is 0 Å². The maximum absolute atomic E-state index is 5.68.